The highest BCUT2D eigenvalue weighted by Gasteiger charge is 2.21. The fourth-order valence-corrected chi connectivity index (χ4v) is 2.02. The van der Waals surface area contributed by atoms with Crippen LogP contribution in [0.25, 0.3) is 0 Å². The summed E-state index contributed by atoms with van der Waals surface area (Å²) in [6.07, 6.45) is 1.34. The van der Waals surface area contributed by atoms with E-state index >= 15 is 0 Å². The van der Waals surface area contributed by atoms with Gasteiger partial charge in [0.25, 0.3) is 0 Å². The average Bonchev–Trinajstić information content (AvgIpc) is 2.69. The smallest absolute Gasteiger partial charge is 0.223 e. The van der Waals surface area contributed by atoms with E-state index in [-0.39, 0.29) is 5.91 Å². The Bertz CT molecular complexity index is 339. The van der Waals surface area contributed by atoms with Crippen molar-refractivity contribution >= 4 is 17.5 Å². The molecular formula is C12H14ClNO. The van der Waals surface area contributed by atoms with Gasteiger partial charge in [0, 0.05) is 25.4 Å². The number of nitrogens with zero attached hydrogens (tertiary/aromatic N) is 1. The lowest BCUT2D eigenvalue weighted by molar-refractivity contribution is -0.131. The molecule has 2 nitrogen and oxygen atoms in total. The summed E-state index contributed by atoms with van der Waals surface area (Å²) in [6.45, 7) is 1.52. The van der Waals surface area contributed by atoms with Gasteiger partial charge < -0.3 is 4.90 Å². The predicted molar refractivity (Wildman–Crippen MR) is 60.7 cm³/mol. The SMILES string of the molecule is O=C(CCCCl)N1Cc2ccccc2C1. The summed E-state index contributed by atoms with van der Waals surface area (Å²) in [7, 11) is 0. The molecule has 1 amide bonds. The molecule has 80 valence electrons. The Kier molecular flexibility index (Phi) is 3.27. The van der Waals surface area contributed by atoms with Crippen LogP contribution in [0.4, 0.5) is 0 Å². The van der Waals surface area contributed by atoms with E-state index in [0.29, 0.717) is 12.3 Å². The van der Waals surface area contributed by atoms with Gasteiger partial charge in [-0.25, -0.2) is 0 Å². The molecule has 0 saturated heterocycles. The zero-order valence-corrected chi connectivity index (χ0v) is 9.33. The molecule has 15 heavy (non-hydrogen) atoms. The third-order valence-electron chi connectivity index (χ3n) is 2.72. The second kappa shape index (κ2) is 4.67. The normalized spacial score (nSPS) is 14.1. The van der Waals surface area contributed by atoms with E-state index in [0.717, 1.165) is 19.5 Å². The van der Waals surface area contributed by atoms with Crippen LogP contribution in [0.1, 0.15) is 24.0 Å². The van der Waals surface area contributed by atoms with Crippen molar-refractivity contribution in [2.45, 2.75) is 25.9 Å². The number of carbonyl (C=O) groups excluding carboxylic acids is 1. The second-order valence-corrected chi connectivity index (χ2v) is 4.19. The number of hydrogen-bond acceptors (Lipinski definition) is 1. The minimum Gasteiger partial charge on any atom is -0.334 e. The molecule has 1 aliphatic heterocycles. The van der Waals surface area contributed by atoms with Crippen LogP contribution >= 0.6 is 11.6 Å². The third-order valence-corrected chi connectivity index (χ3v) is 2.99. The molecule has 0 N–H and O–H groups in total. The maximum Gasteiger partial charge on any atom is 0.223 e. The molecule has 0 atom stereocenters. The quantitative estimate of drug-likeness (QED) is 0.722. The Morgan fingerprint density at radius 3 is 2.40 bits per heavy atom. The van der Waals surface area contributed by atoms with Gasteiger partial charge in [0.1, 0.15) is 0 Å². The Balaban J connectivity index is 1.98. The minimum absolute atomic E-state index is 0.215. The molecule has 0 radical (unpaired) electrons. The lowest BCUT2D eigenvalue weighted by Crippen LogP contribution is -2.24. The van der Waals surface area contributed by atoms with Gasteiger partial charge >= 0.3 is 0 Å². The molecule has 0 aromatic heterocycles. The standard InChI is InChI=1S/C12H14ClNO/c13-7-3-6-12(15)14-8-10-4-1-2-5-11(10)9-14/h1-2,4-5H,3,6-9H2. The van der Waals surface area contributed by atoms with Crippen LogP contribution in [-0.2, 0) is 17.9 Å². The van der Waals surface area contributed by atoms with Crippen molar-refractivity contribution in [3.8, 4) is 0 Å². The molecule has 2 rings (SSSR count). The zero-order chi connectivity index (χ0) is 10.7. The van der Waals surface area contributed by atoms with Crippen LogP contribution in [0.3, 0.4) is 0 Å². The molecule has 0 spiro atoms. The van der Waals surface area contributed by atoms with Gasteiger partial charge in [-0.05, 0) is 17.5 Å². The maximum atomic E-state index is 11.7. The van der Waals surface area contributed by atoms with E-state index in [1.807, 2.05) is 17.0 Å². The van der Waals surface area contributed by atoms with E-state index in [9.17, 15) is 4.79 Å². The van der Waals surface area contributed by atoms with Crippen molar-refractivity contribution in [1.29, 1.82) is 0 Å². The number of alkyl halides is 1. The highest BCUT2D eigenvalue weighted by Crippen LogP contribution is 2.22. The first-order valence-electron chi connectivity index (χ1n) is 5.22. The number of carbonyl (C=O) groups is 1. The fourth-order valence-electron chi connectivity index (χ4n) is 1.89. The lowest BCUT2D eigenvalue weighted by Gasteiger charge is -2.14. The molecule has 1 aromatic rings. The van der Waals surface area contributed by atoms with Gasteiger partial charge in [0.2, 0.25) is 5.91 Å². The number of rotatable bonds is 3. The van der Waals surface area contributed by atoms with Crippen molar-refractivity contribution in [2.75, 3.05) is 5.88 Å². The van der Waals surface area contributed by atoms with Crippen LogP contribution < -0.4 is 0 Å². The molecule has 1 heterocycles. The predicted octanol–water partition coefficient (Wildman–Crippen LogP) is 2.55. The monoisotopic (exact) mass is 223 g/mol. The van der Waals surface area contributed by atoms with Crippen molar-refractivity contribution < 1.29 is 4.79 Å². The molecule has 0 aliphatic carbocycles. The summed E-state index contributed by atoms with van der Waals surface area (Å²) in [4.78, 5) is 13.6. The average molecular weight is 224 g/mol. The number of fused-ring (bicyclic) bond motifs is 1. The highest BCUT2D eigenvalue weighted by molar-refractivity contribution is 6.17. The molecule has 0 bridgehead atoms. The third kappa shape index (κ3) is 2.32. The van der Waals surface area contributed by atoms with E-state index in [1.54, 1.807) is 0 Å². The van der Waals surface area contributed by atoms with Gasteiger partial charge in [-0.3, -0.25) is 4.79 Å². The highest BCUT2D eigenvalue weighted by atomic mass is 35.5. The van der Waals surface area contributed by atoms with E-state index < -0.39 is 0 Å². The van der Waals surface area contributed by atoms with Crippen LogP contribution in [0.15, 0.2) is 24.3 Å². The first kappa shape index (κ1) is 10.5. The van der Waals surface area contributed by atoms with Gasteiger partial charge in [-0.2, -0.15) is 0 Å². The van der Waals surface area contributed by atoms with Gasteiger partial charge in [-0.1, -0.05) is 24.3 Å². The number of halogens is 1. The number of amides is 1. The zero-order valence-electron chi connectivity index (χ0n) is 8.58. The van der Waals surface area contributed by atoms with Crippen molar-refractivity contribution in [3.63, 3.8) is 0 Å². The van der Waals surface area contributed by atoms with E-state index in [2.05, 4.69) is 12.1 Å². The summed E-state index contributed by atoms with van der Waals surface area (Å²) < 4.78 is 0. The van der Waals surface area contributed by atoms with Crippen LogP contribution in [0.2, 0.25) is 0 Å². The first-order valence-corrected chi connectivity index (χ1v) is 5.75. The molecule has 0 saturated carbocycles. The van der Waals surface area contributed by atoms with Gasteiger partial charge in [-0.15, -0.1) is 11.6 Å². The lowest BCUT2D eigenvalue weighted by atomic mass is 10.1. The van der Waals surface area contributed by atoms with Crippen LogP contribution in [-0.4, -0.2) is 16.7 Å². The molecule has 1 aromatic carbocycles. The summed E-state index contributed by atoms with van der Waals surface area (Å²) >= 11 is 5.57. The van der Waals surface area contributed by atoms with Crippen molar-refractivity contribution in [3.05, 3.63) is 35.4 Å². The van der Waals surface area contributed by atoms with E-state index in [4.69, 9.17) is 11.6 Å². The fraction of sp³-hybridized carbons (Fsp3) is 0.417. The first-order chi connectivity index (χ1) is 7.31. The van der Waals surface area contributed by atoms with Gasteiger partial charge in [0.15, 0.2) is 0 Å². The summed E-state index contributed by atoms with van der Waals surface area (Å²) in [5.74, 6) is 0.777. The molecular weight excluding hydrogens is 210 g/mol. The number of hydrogen-bond donors (Lipinski definition) is 0. The summed E-state index contributed by atoms with van der Waals surface area (Å²) in [5.41, 5.74) is 2.55. The molecule has 0 unspecified atom stereocenters. The van der Waals surface area contributed by atoms with Crippen molar-refractivity contribution in [1.82, 2.24) is 4.90 Å². The summed E-state index contributed by atoms with van der Waals surface area (Å²) in [6, 6.07) is 8.21. The summed E-state index contributed by atoms with van der Waals surface area (Å²) in [5, 5.41) is 0. The number of benzene rings is 1. The largest absolute Gasteiger partial charge is 0.334 e. The molecule has 3 heteroatoms. The molecule has 1 aliphatic rings. The topological polar surface area (TPSA) is 20.3 Å². The Morgan fingerprint density at radius 2 is 1.87 bits per heavy atom. The molecule has 0 fully saturated rings. The Labute approximate surface area is 94.8 Å². The van der Waals surface area contributed by atoms with Crippen LogP contribution in [0, 0.1) is 0 Å². The van der Waals surface area contributed by atoms with Crippen molar-refractivity contribution in [2.24, 2.45) is 0 Å². The minimum atomic E-state index is 0.215. The van der Waals surface area contributed by atoms with E-state index in [1.165, 1.54) is 11.1 Å². The van der Waals surface area contributed by atoms with Gasteiger partial charge in [0.05, 0.1) is 0 Å². The Morgan fingerprint density at radius 1 is 1.27 bits per heavy atom. The van der Waals surface area contributed by atoms with Crippen LogP contribution in [0.5, 0.6) is 0 Å². The Hall–Kier alpha value is -1.02. The maximum absolute atomic E-state index is 11.7. The second-order valence-electron chi connectivity index (χ2n) is 3.81.